The second-order valence-electron chi connectivity index (χ2n) is 4.52. The third kappa shape index (κ3) is 5.73. The molecule has 0 radical (unpaired) electrons. The molecule has 2 N–H and O–H groups in total. The van der Waals surface area contributed by atoms with Gasteiger partial charge in [-0.1, -0.05) is 43.7 Å². The molecule has 0 heterocycles. The van der Waals surface area contributed by atoms with Gasteiger partial charge in [0.1, 0.15) is 6.04 Å². The molecule has 0 bridgehead atoms. The predicted molar refractivity (Wildman–Crippen MR) is 77.4 cm³/mol. The minimum absolute atomic E-state index is 0.343. The first-order valence-electron chi connectivity index (χ1n) is 6.83. The van der Waals surface area contributed by atoms with Crippen molar-refractivity contribution in [2.45, 2.75) is 32.2 Å². The fourth-order valence-corrected chi connectivity index (χ4v) is 1.77. The molecule has 0 saturated heterocycles. The van der Waals surface area contributed by atoms with Crippen molar-refractivity contribution in [3.8, 4) is 0 Å². The van der Waals surface area contributed by atoms with Crippen LogP contribution in [0.15, 0.2) is 30.3 Å². The maximum absolute atomic E-state index is 11.7. The highest BCUT2D eigenvalue weighted by Crippen LogP contribution is 2.04. The number of hydrogen-bond donors (Lipinski definition) is 2. The molecular weight excluding hydrogens is 256 g/mol. The number of urea groups is 1. The number of rotatable bonds is 7. The molecule has 5 heteroatoms. The van der Waals surface area contributed by atoms with Crippen LogP contribution in [0.3, 0.4) is 0 Å². The quantitative estimate of drug-likeness (QED) is 0.591. The zero-order valence-corrected chi connectivity index (χ0v) is 12.0. The number of amides is 2. The van der Waals surface area contributed by atoms with Gasteiger partial charge in [0.25, 0.3) is 0 Å². The van der Waals surface area contributed by atoms with E-state index in [1.54, 1.807) is 0 Å². The fourth-order valence-electron chi connectivity index (χ4n) is 1.77. The zero-order valence-electron chi connectivity index (χ0n) is 12.0. The number of carbonyl (C=O) groups excluding carboxylic acids is 2. The number of benzene rings is 1. The Labute approximate surface area is 119 Å². The zero-order chi connectivity index (χ0) is 14.8. The van der Waals surface area contributed by atoms with Gasteiger partial charge in [-0.3, -0.25) is 0 Å². The van der Waals surface area contributed by atoms with Gasteiger partial charge >= 0.3 is 12.0 Å². The Hall–Kier alpha value is -2.04. The highest BCUT2D eigenvalue weighted by Gasteiger charge is 2.21. The molecule has 110 valence electrons. The lowest BCUT2D eigenvalue weighted by Crippen LogP contribution is -2.47. The van der Waals surface area contributed by atoms with Crippen LogP contribution >= 0.6 is 0 Å². The molecular formula is C15H22N2O3. The number of methoxy groups -OCH3 is 1. The highest BCUT2D eigenvalue weighted by atomic mass is 16.5. The number of carbonyl (C=O) groups is 2. The Kier molecular flexibility index (Phi) is 7.17. The smallest absolute Gasteiger partial charge is 0.328 e. The van der Waals surface area contributed by atoms with E-state index in [2.05, 4.69) is 10.6 Å². The second kappa shape index (κ2) is 8.96. The van der Waals surface area contributed by atoms with Crippen LogP contribution in [0.1, 0.15) is 25.3 Å². The van der Waals surface area contributed by atoms with E-state index in [1.165, 1.54) is 7.11 Å². The van der Waals surface area contributed by atoms with Gasteiger partial charge in [0.15, 0.2) is 0 Å². The van der Waals surface area contributed by atoms with Crippen molar-refractivity contribution < 1.29 is 14.3 Å². The molecule has 0 aliphatic heterocycles. The van der Waals surface area contributed by atoms with E-state index in [0.29, 0.717) is 13.0 Å². The predicted octanol–water partition coefficient (Wildman–Crippen LogP) is 1.87. The van der Waals surface area contributed by atoms with Crippen LogP contribution in [0, 0.1) is 0 Å². The third-order valence-corrected chi connectivity index (χ3v) is 2.89. The van der Waals surface area contributed by atoms with Crippen LogP contribution in [0.5, 0.6) is 0 Å². The van der Waals surface area contributed by atoms with Crippen LogP contribution in [-0.4, -0.2) is 31.7 Å². The van der Waals surface area contributed by atoms with E-state index in [1.807, 2.05) is 37.3 Å². The van der Waals surface area contributed by atoms with Gasteiger partial charge in [-0.05, 0) is 12.0 Å². The molecule has 2 amide bonds. The van der Waals surface area contributed by atoms with E-state index in [9.17, 15) is 9.59 Å². The van der Waals surface area contributed by atoms with Crippen molar-refractivity contribution in [2.75, 3.05) is 13.7 Å². The molecule has 1 aromatic carbocycles. The average Bonchev–Trinajstić information content (AvgIpc) is 2.47. The van der Waals surface area contributed by atoms with Crippen molar-refractivity contribution in [1.29, 1.82) is 0 Å². The molecule has 1 atom stereocenters. The van der Waals surface area contributed by atoms with Crippen LogP contribution in [0.2, 0.25) is 0 Å². The topological polar surface area (TPSA) is 67.4 Å². The van der Waals surface area contributed by atoms with E-state index in [4.69, 9.17) is 4.74 Å². The van der Waals surface area contributed by atoms with Crippen molar-refractivity contribution in [2.24, 2.45) is 0 Å². The van der Waals surface area contributed by atoms with E-state index in [-0.39, 0.29) is 6.03 Å². The van der Waals surface area contributed by atoms with Crippen molar-refractivity contribution >= 4 is 12.0 Å². The van der Waals surface area contributed by atoms with Crippen molar-refractivity contribution in [3.05, 3.63) is 35.9 Å². The Morgan fingerprint density at radius 3 is 2.55 bits per heavy atom. The molecule has 1 aromatic rings. The maximum Gasteiger partial charge on any atom is 0.328 e. The summed E-state index contributed by atoms with van der Waals surface area (Å²) >= 11 is 0. The molecule has 0 fully saturated rings. The molecule has 1 rings (SSSR count). The van der Waals surface area contributed by atoms with Crippen LogP contribution in [0.4, 0.5) is 4.79 Å². The lowest BCUT2D eigenvalue weighted by molar-refractivity contribution is -0.142. The van der Waals surface area contributed by atoms with Gasteiger partial charge < -0.3 is 15.4 Å². The van der Waals surface area contributed by atoms with Crippen LogP contribution in [0.25, 0.3) is 0 Å². The first kappa shape index (κ1) is 16.0. The average molecular weight is 278 g/mol. The summed E-state index contributed by atoms with van der Waals surface area (Å²) in [6.45, 7) is 2.65. The van der Waals surface area contributed by atoms with Gasteiger partial charge in [-0.25, -0.2) is 9.59 Å². The number of esters is 1. The van der Waals surface area contributed by atoms with Gasteiger partial charge in [0.2, 0.25) is 0 Å². The lowest BCUT2D eigenvalue weighted by atomic mass is 10.1. The van der Waals surface area contributed by atoms with E-state index < -0.39 is 12.0 Å². The lowest BCUT2D eigenvalue weighted by Gasteiger charge is -2.17. The summed E-state index contributed by atoms with van der Waals surface area (Å²) in [5.74, 6) is -0.445. The Balaban J connectivity index is 2.56. The first-order chi connectivity index (χ1) is 9.67. The Morgan fingerprint density at radius 1 is 1.25 bits per heavy atom. The molecule has 0 saturated carbocycles. The number of hydrogen-bond acceptors (Lipinski definition) is 3. The standard InChI is InChI=1S/C15H22N2O3/c1-3-4-10-16-15(19)17-13(14(18)20-2)11-12-8-6-5-7-9-12/h5-9,13H,3-4,10-11H2,1-2H3,(H2,16,17,19). The monoisotopic (exact) mass is 278 g/mol. The van der Waals surface area contributed by atoms with Crippen LogP contribution in [-0.2, 0) is 16.0 Å². The van der Waals surface area contributed by atoms with Crippen molar-refractivity contribution in [1.82, 2.24) is 10.6 Å². The molecule has 0 spiro atoms. The number of ether oxygens (including phenoxy) is 1. The van der Waals surface area contributed by atoms with Gasteiger partial charge in [0, 0.05) is 13.0 Å². The van der Waals surface area contributed by atoms with E-state index >= 15 is 0 Å². The number of nitrogens with one attached hydrogen (secondary N) is 2. The largest absolute Gasteiger partial charge is 0.467 e. The Bertz CT molecular complexity index is 420. The summed E-state index contributed by atoms with van der Waals surface area (Å²) in [7, 11) is 1.32. The molecule has 0 aromatic heterocycles. The summed E-state index contributed by atoms with van der Waals surface area (Å²) in [5, 5.41) is 5.37. The molecule has 0 aliphatic rings. The maximum atomic E-state index is 11.7. The summed E-state index contributed by atoms with van der Waals surface area (Å²) in [6, 6.07) is 8.49. The normalized spacial score (nSPS) is 11.5. The SMILES string of the molecule is CCCCNC(=O)NC(Cc1ccccc1)C(=O)OC. The van der Waals surface area contributed by atoms with Crippen LogP contribution < -0.4 is 10.6 Å². The van der Waals surface area contributed by atoms with Gasteiger partial charge in [-0.15, -0.1) is 0 Å². The summed E-state index contributed by atoms with van der Waals surface area (Å²) in [4.78, 5) is 23.4. The van der Waals surface area contributed by atoms with Crippen molar-refractivity contribution in [3.63, 3.8) is 0 Å². The summed E-state index contributed by atoms with van der Waals surface area (Å²) in [6.07, 6.45) is 2.33. The fraction of sp³-hybridized carbons (Fsp3) is 0.467. The molecule has 20 heavy (non-hydrogen) atoms. The minimum Gasteiger partial charge on any atom is -0.467 e. The van der Waals surface area contributed by atoms with Gasteiger partial charge in [0.05, 0.1) is 7.11 Å². The van der Waals surface area contributed by atoms with E-state index in [0.717, 1.165) is 18.4 Å². The minimum atomic E-state index is -0.677. The summed E-state index contributed by atoms with van der Waals surface area (Å²) < 4.78 is 4.73. The molecule has 5 nitrogen and oxygen atoms in total. The second-order valence-corrected chi connectivity index (χ2v) is 4.52. The highest BCUT2D eigenvalue weighted by molar-refractivity contribution is 5.83. The van der Waals surface area contributed by atoms with Gasteiger partial charge in [-0.2, -0.15) is 0 Å². The first-order valence-corrected chi connectivity index (χ1v) is 6.83. The molecule has 0 aliphatic carbocycles. The third-order valence-electron chi connectivity index (χ3n) is 2.89. The molecule has 1 unspecified atom stereocenters. The Morgan fingerprint density at radius 2 is 1.95 bits per heavy atom. The summed E-state index contributed by atoms with van der Waals surface area (Å²) in [5.41, 5.74) is 0.969. The number of unbranched alkanes of at least 4 members (excludes halogenated alkanes) is 1.